The molecule has 4 heteroatoms. The van der Waals surface area contributed by atoms with Crippen LogP contribution >= 0.6 is 0 Å². The van der Waals surface area contributed by atoms with Gasteiger partial charge in [-0.05, 0) is 32.2 Å². The van der Waals surface area contributed by atoms with Gasteiger partial charge in [0.1, 0.15) is 0 Å². The molecular weight excluding hydrogens is 214 g/mol. The largest absolute Gasteiger partial charge is 0.322 e. The highest BCUT2D eigenvalue weighted by molar-refractivity contribution is 5.75. The second kappa shape index (κ2) is 5.54. The quantitative estimate of drug-likeness (QED) is 0.810. The number of carbonyl (C=O) groups is 1. The van der Waals surface area contributed by atoms with Gasteiger partial charge in [-0.3, -0.25) is 0 Å². The highest BCUT2D eigenvalue weighted by atomic mass is 16.2. The van der Waals surface area contributed by atoms with E-state index in [1.165, 1.54) is 18.4 Å². The van der Waals surface area contributed by atoms with Crippen LogP contribution < -0.4 is 5.32 Å². The lowest BCUT2D eigenvalue weighted by molar-refractivity contribution is 0.145. The number of carbonyl (C=O) groups excluding carboxylic acids is 1. The monoisotopic (exact) mass is 237 g/mol. The summed E-state index contributed by atoms with van der Waals surface area (Å²) >= 11 is 0. The number of hydrogen-bond acceptors (Lipinski definition) is 2. The molecule has 1 heterocycles. The average molecular weight is 237 g/mol. The number of likely N-dealkylation sites (N-methyl/N-ethyl adjacent to an activating group) is 1. The van der Waals surface area contributed by atoms with Crippen LogP contribution in [0.3, 0.4) is 0 Å². The van der Waals surface area contributed by atoms with Crippen molar-refractivity contribution in [2.45, 2.75) is 26.7 Å². The fraction of sp³-hybridized carbons (Fsp3) is 0.769. The molecule has 0 unspecified atom stereocenters. The van der Waals surface area contributed by atoms with Gasteiger partial charge in [0.05, 0.1) is 0 Å². The third-order valence-corrected chi connectivity index (χ3v) is 3.75. The van der Waals surface area contributed by atoms with Crippen molar-refractivity contribution in [2.75, 3.05) is 32.7 Å². The van der Waals surface area contributed by atoms with E-state index in [0.29, 0.717) is 0 Å². The molecule has 0 bridgehead atoms. The first kappa shape index (κ1) is 12.4. The van der Waals surface area contributed by atoms with Crippen LogP contribution in [0, 0.1) is 5.92 Å². The molecule has 2 rings (SSSR count). The van der Waals surface area contributed by atoms with Crippen LogP contribution in [0.15, 0.2) is 11.8 Å². The summed E-state index contributed by atoms with van der Waals surface area (Å²) in [6, 6.07) is 0.0563. The van der Waals surface area contributed by atoms with Crippen LogP contribution in [0.1, 0.15) is 26.7 Å². The number of allylic oxidation sites excluding steroid dienone is 1. The topological polar surface area (TPSA) is 35.6 Å². The fourth-order valence-electron chi connectivity index (χ4n) is 2.19. The molecule has 17 heavy (non-hydrogen) atoms. The van der Waals surface area contributed by atoms with Crippen LogP contribution in [0.2, 0.25) is 0 Å². The number of piperazine rings is 1. The Hall–Kier alpha value is -1.03. The Morgan fingerprint density at radius 2 is 1.94 bits per heavy atom. The first-order valence-electron chi connectivity index (χ1n) is 6.65. The standard InChI is InChI=1S/C13H23N3O/c1-3-15-6-8-16(9-7-15)13(17)14-10-11(2)12-4-5-12/h10,12H,3-9H2,1-2H3,(H,14,17)/b11-10+. The van der Waals surface area contributed by atoms with Gasteiger partial charge in [-0.2, -0.15) is 0 Å². The van der Waals surface area contributed by atoms with E-state index in [1.807, 2.05) is 11.1 Å². The summed E-state index contributed by atoms with van der Waals surface area (Å²) in [6.07, 6.45) is 4.47. The molecule has 0 aromatic rings. The Morgan fingerprint density at radius 3 is 2.47 bits per heavy atom. The van der Waals surface area contributed by atoms with Gasteiger partial charge >= 0.3 is 6.03 Å². The molecule has 4 nitrogen and oxygen atoms in total. The normalized spacial score (nSPS) is 22.7. The van der Waals surface area contributed by atoms with Crippen molar-refractivity contribution in [2.24, 2.45) is 5.92 Å². The Balaban J connectivity index is 1.74. The summed E-state index contributed by atoms with van der Waals surface area (Å²) in [7, 11) is 0. The summed E-state index contributed by atoms with van der Waals surface area (Å²) < 4.78 is 0. The van der Waals surface area contributed by atoms with Crippen molar-refractivity contribution >= 4 is 6.03 Å². The zero-order valence-corrected chi connectivity index (χ0v) is 10.9. The molecule has 2 aliphatic rings. The van der Waals surface area contributed by atoms with Crippen molar-refractivity contribution in [1.82, 2.24) is 15.1 Å². The molecule has 1 aliphatic heterocycles. The maximum atomic E-state index is 11.9. The molecular formula is C13H23N3O. The number of nitrogens with one attached hydrogen (secondary N) is 1. The molecule has 0 radical (unpaired) electrons. The fourth-order valence-corrected chi connectivity index (χ4v) is 2.19. The van der Waals surface area contributed by atoms with Crippen LogP contribution in [0.4, 0.5) is 4.79 Å². The highest BCUT2D eigenvalue weighted by Crippen LogP contribution is 2.35. The third kappa shape index (κ3) is 3.46. The van der Waals surface area contributed by atoms with Crippen LogP contribution in [0.25, 0.3) is 0 Å². The maximum Gasteiger partial charge on any atom is 0.321 e. The Kier molecular flexibility index (Phi) is 4.05. The van der Waals surface area contributed by atoms with E-state index in [9.17, 15) is 4.79 Å². The lowest BCUT2D eigenvalue weighted by Gasteiger charge is -2.33. The summed E-state index contributed by atoms with van der Waals surface area (Å²) in [5, 5.41) is 2.91. The first-order chi connectivity index (χ1) is 8.20. The first-order valence-corrected chi connectivity index (χ1v) is 6.65. The SMILES string of the molecule is CCN1CCN(C(=O)N/C=C(\C)C2CC2)CC1. The van der Waals surface area contributed by atoms with Gasteiger partial charge in [0.25, 0.3) is 0 Å². The molecule has 1 saturated carbocycles. The van der Waals surface area contributed by atoms with Crippen LogP contribution in [0.5, 0.6) is 0 Å². The number of hydrogen-bond donors (Lipinski definition) is 1. The van der Waals surface area contributed by atoms with Crippen molar-refractivity contribution in [3.05, 3.63) is 11.8 Å². The van der Waals surface area contributed by atoms with Crippen LogP contribution in [-0.4, -0.2) is 48.6 Å². The van der Waals surface area contributed by atoms with E-state index in [2.05, 4.69) is 24.1 Å². The summed E-state index contributed by atoms with van der Waals surface area (Å²) in [5.74, 6) is 0.729. The predicted molar refractivity (Wildman–Crippen MR) is 68.7 cm³/mol. The Bertz CT molecular complexity index is 302. The third-order valence-electron chi connectivity index (χ3n) is 3.75. The minimum Gasteiger partial charge on any atom is -0.322 e. The second-order valence-electron chi connectivity index (χ2n) is 5.03. The zero-order valence-electron chi connectivity index (χ0n) is 10.9. The van der Waals surface area contributed by atoms with Gasteiger partial charge in [-0.15, -0.1) is 0 Å². The smallest absolute Gasteiger partial charge is 0.321 e. The van der Waals surface area contributed by atoms with Gasteiger partial charge < -0.3 is 15.1 Å². The number of rotatable bonds is 3. The number of amides is 2. The van der Waals surface area contributed by atoms with Crippen molar-refractivity contribution in [1.29, 1.82) is 0 Å². The van der Waals surface area contributed by atoms with E-state index in [1.54, 1.807) is 0 Å². The van der Waals surface area contributed by atoms with Crippen molar-refractivity contribution in [3.63, 3.8) is 0 Å². The summed E-state index contributed by atoms with van der Waals surface area (Å²) in [5.41, 5.74) is 1.31. The maximum absolute atomic E-state index is 11.9. The van der Waals surface area contributed by atoms with Gasteiger partial charge in [0.15, 0.2) is 0 Å². The molecule has 2 fully saturated rings. The minimum absolute atomic E-state index is 0.0563. The average Bonchev–Trinajstić information content (AvgIpc) is 3.20. The predicted octanol–water partition coefficient (Wildman–Crippen LogP) is 1.65. The lowest BCUT2D eigenvalue weighted by atomic mass is 10.2. The minimum atomic E-state index is 0.0563. The molecule has 96 valence electrons. The molecule has 0 atom stereocenters. The van der Waals surface area contributed by atoms with Gasteiger partial charge in [0.2, 0.25) is 0 Å². The Labute approximate surface area is 104 Å². The number of nitrogens with zero attached hydrogens (tertiary/aromatic N) is 2. The van der Waals surface area contributed by atoms with Crippen molar-refractivity contribution < 1.29 is 4.79 Å². The molecule has 0 aromatic carbocycles. The summed E-state index contributed by atoms with van der Waals surface area (Å²) in [6.45, 7) is 9.02. The Morgan fingerprint density at radius 1 is 1.29 bits per heavy atom. The molecule has 0 aromatic heterocycles. The van der Waals surface area contributed by atoms with Crippen LogP contribution in [-0.2, 0) is 0 Å². The van der Waals surface area contributed by atoms with Crippen molar-refractivity contribution in [3.8, 4) is 0 Å². The number of urea groups is 1. The highest BCUT2D eigenvalue weighted by Gasteiger charge is 2.23. The molecule has 2 amide bonds. The van der Waals surface area contributed by atoms with E-state index in [0.717, 1.165) is 38.6 Å². The van der Waals surface area contributed by atoms with E-state index in [4.69, 9.17) is 0 Å². The van der Waals surface area contributed by atoms with E-state index >= 15 is 0 Å². The molecule has 1 aliphatic carbocycles. The molecule has 1 saturated heterocycles. The van der Waals surface area contributed by atoms with E-state index in [-0.39, 0.29) is 6.03 Å². The van der Waals surface area contributed by atoms with Gasteiger partial charge in [-0.25, -0.2) is 4.79 Å². The zero-order chi connectivity index (χ0) is 12.3. The van der Waals surface area contributed by atoms with E-state index < -0.39 is 0 Å². The lowest BCUT2D eigenvalue weighted by Crippen LogP contribution is -2.50. The second-order valence-corrected chi connectivity index (χ2v) is 5.03. The van der Waals surface area contributed by atoms with Gasteiger partial charge in [-0.1, -0.05) is 12.5 Å². The van der Waals surface area contributed by atoms with Gasteiger partial charge in [0, 0.05) is 32.4 Å². The molecule has 1 N–H and O–H groups in total. The molecule has 0 spiro atoms. The summed E-state index contributed by atoms with van der Waals surface area (Å²) in [4.78, 5) is 16.2.